The minimum atomic E-state index is -3.24. The molecule has 2 N–H and O–H groups in total. The number of hydrogen-bond acceptors (Lipinski definition) is 4. The van der Waals surface area contributed by atoms with Crippen LogP contribution in [0.1, 0.15) is 26.2 Å². The largest absolute Gasteiger partial charge is 0.354 e. The molecule has 6 nitrogen and oxygen atoms in total. The van der Waals surface area contributed by atoms with Crippen LogP contribution in [0.25, 0.3) is 0 Å². The molecule has 0 aromatic heterocycles. The van der Waals surface area contributed by atoms with Crippen molar-refractivity contribution in [2.45, 2.75) is 32.2 Å². The summed E-state index contributed by atoms with van der Waals surface area (Å²) in [5.41, 5.74) is 0. The van der Waals surface area contributed by atoms with Crippen molar-refractivity contribution in [1.82, 2.24) is 14.9 Å². The Hall–Kier alpha value is -0.660. The van der Waals surface area contributed by atoms with Gasteiger partial charge in [-0.1, -0.05) is 13.3 Å². The number of nitrogens with zero attached hydrogens (tertiary/aromatic N) is 1. The Morgan fingerprint density at radius 2 is 2.11 bits per heavy atom. The van der Waals surface area contributed by atoms with E-state index >= 15 is 0 Å². The summed E-state index contributed by atoms with van der Waals surface area (Å²) in [5, 5.41) is 5.88. The van der Waals surface area contributed by atoms with E-state index < -0.39 is 10.0 Å². The zero-order valence-corrected chi connectivity index (χ0v) is 12.8. The second-order valence-corrected chi connectivity index (χ2v) is 7.50. The summed E-state index contributed by atoms with van der Waals surface area (Å²) in [7, 11) is -0.258. The average Bonchev–Trinajstić information content (AvgIpc) is 2.38. The second-order valence-electron chi connectivity index (χ2n) is 5.19. The third-order valence-electron chi connectivity index (χ3n) is 3.62. The number of nitrogens with one attached hydrogen (secondary N) is 2. The number of rotatable bonds is 6. The van der Waals surface area contributed by atoms with Gasteiger partial charge in [0.2, 0.25) is 15.9 Å². The molecule has 7 heteroatoms. The first-order valence-electron chi connectivity index (χ1n) is 6.78. The van der Waals surface area contributed by atoms with Gasteiger partial charge in [0, 0.05) is 20.6 Å². The molecule has 0 aromatic carbocycles. The van der Waals surface area contributed by atoms with Gasteiger partial charge in [0.05, 0.1) is 11.8 Å². The van der Waals surface area contributed by atoms with Crippen molar-refractivity contribution in [2.75, 3.05) is 32.9 Å². The Balaban J connectivity index is 2.35. The summed E-state index contributed by atoms with van der Waals surface area (Å²) in [6.45, 7) is 3.15. The number of hydrogen-bond donors (Lipinski definition) is 2. The second kappa shape index (κ2) is 7.21. The molecule has 2 unspecified atom stereocenters. The van der Waals surface area contributed by atoms with E-state index in [9.17, 15) is 13.2 Å². The fourth-order valence-corrected chi connectivity index (χ4v) is 2.90. The molecule has 1 heterocycles. The maximum atomic E-state index is 11.9. The normalized spacial score (nSPS) is 24.4. The summed E-state index contributed by atoms with van der Waals surface area (Å²) in [6, 6.07) is -0.180. The van der Waals surface area contributed by atoms with Crippen LogP contribution in [0.3, 0.4) is 0 Å². The molecular weight excluding hydrogens is 266 g/mol. The fourth-order valence-electron chi connectivity index (χ4n) is 2.18. The first-order chi connectivity index (χ1) is 8.86. The Kier molecular flexibility index (Phi) is 6.22. The molecule has 1 aliphatic heterocycles. The van der Waals surface area contributed by atoms with Crippen molar-refractivity contribution in [2.24, 2.45) is 5.92 Å². The number of piperidine rings is 1. The minimum Gasteiger partial charge on any atom is -0.354 e. The van der Waals surface area contributed by atoms with Gasteiger partial charge >= 0.3 is 0 Å². The highest BCUT2D eigenvalue weighted by molar-refractivity contribution is 7.89. The average molecular weight is 291 g/mol. The lowest BCUT2D eigenvalue weighted by molar-refractivity contribution is -0.123. The molecule has 1 saturated heterocycles. The van der Waals surface area contributed by atoms with Gasteiger partial charge < -0.3 is 10.6 Å². The maximum absolute atomic E-state index is 11.9. The van der Waals surface area contributed by atoms with E-state index in [1.54, 1.807) is 0 Å². The highest BCUT2D eigenvalue weighted by Crippen LogP contribution is 2.19. The molecule has 0 aromatic rings. The van der Waals surface area contributed by atoms with E-state index in [4.69, 9.17) is 0 Å². The Bertz CT molecular complexity index is 395. The summed E-state index contributed by atoms with van der Waals surface area (Å²) >= 11 is 0. The van der Waals surface area contributed by atoms with Crippen molar-refractivity contribution in [3.63, 3.8) is 0 Å². The standard InChI is InChI=1S/C12H25N3O3S/c1-4-10-5-6-13-11(9-10)12(16)14-7-8-19(17,18)15(2)3/h10-11,13H,4-9H2,1-3H3,(H,14,16). The van der Waals surface area contributed by atoms with E-state index in [-0.39, 0.29) is 24.2 Å². The summed E-state index contributed by atoms with van der Waals surface area (Å²) in [6.07, 6.45) is 3.03. The molecule has 0 radical (unpaired) electrons. The molecule has 112 valence electrons. The van der Waals surface area contributed by atoms with Gasteiger partial charge in [0.1, 0.15) is 0 Å². The molecule has 2 atom stereocenters. The van der Waals surface area contributed by atoms with E-state index in [0.717, 1.165) is 25.8 Å². The van der Waals surface area contributed by atoms with E-state index in [0.29, 0.717) is 5.92 Å². The van der Waals surface area contributed by atoms with Crippen LogP contribution in [0.15, 0.2) is 0 Å². The lowest BCUT2D eigenvalue weighted by Crippen LogP contribution is -2.49. The molecule has 0 bridgehead atoms. The lowest BCUT2D eigenvalue weighted by Gasteiger charge is -2.28. The van der Waals surface area contributed by atoms with Crippen LogP contribution < -0.4 is 10.6 Å². The van der Waals surface area contributed by atoms with Crippen molar-refractivity contribution in [3.05, 3.63) is 0 Å². The molecule has 0 aliphatic carbocycles. The molecular formula is C12H25N3O3S. The van der Waals surface area contributed by atoms with Gasteiger partial charge in [-0.25, -0.2) is 12.7 Å². The zero-order chi connectivity index (χ0) is 14.5. The molecule has 1 fully saturated rings. The van der Waals surface area contributed by atoms with Crippen LogP contribution in [0, 0.1) is 5.92 Å². The zero-order valence-electron chi connectivity index (χ0n) is 12.0. The van der Waals surface area contributed by atoms with Gasteiger partial charge in [0.15, 0.2) is 0 Å². The van der Waals surface area contributed by atoms with Gasteiger partial charge in [-0.3, -0.25) is 4.79 Å². The van der Waals surface area contributed by atoms with Crippen LogP contribution in [-0.4, -0.2) is 57.6 Å². The van der Waals surface area contributed by atoms with Gasteiger partial charge in [0.25, 0.3) is 0 Å². The van der Waals surface area contributed by atoms with E-state index in [2.05, 4.69) is 17.6 Å². The monoisotopic (exact) mass is 291 g/mol. The Morgan fingerprint density at radius 3 is 2.68 bits per heavy atom. The molecule has 0 saturated carbocycles. The maximum Gasteiger partial charge on any atom is 0.237 e. The van der Waals surface area contributed by atoms with Gasteiger partial charge in [-0.2, -0.15) is 0 Å². The van der Waals surface area contributed by atoms with Crippen molar-refractivity contribution in [1.29, 1.82) is 0 Å². The van der Waals surface area contributed by atoms with Crippen LogP contribution in [0.2, 0.25) is 0 Å². The van der Waals surface area contributed by atoms with Crippen molar-refractivity contribution < 1.29 is 13.2 Å². The molecule has 1 amide bonds. The van der Waals surface area contributed by atoms with E-state index in [1.165, 1.54) is 18.4 Å². The number of carbonyl (C=O) groups excluding carboxylic acids is 1. The highest BCUT2D eigenvalue weighted by atomic mass is 32.2. The molecule has 1 rings (SSSR count). The number of carbonyl (C=O) groups is 1. The predicted molar refractivity (Wildman–Crippen MR) is 75.3 cm³/mol. The third kappa shape index (κ3) is 5.08. The number of sulfonamides is 1. The van der Waals surface area contributed by atoms with Gasteiger partial charge in [-0.15, -0.1) is 0 Å². The van der Waals surface area contributed by atoms with Crippen molar-refractivity contribution in [3.8, 4) is 0 Å². The minimum absolute atomic E-state index is 0.0599. The fraction of sp³-hybridized carbons (Fsp3) is 0.917. The van der Waals surface area contributed by atoms with Crippen molar-refractivity contribution >= 4 is 15.9 Å². The summed E-state index contributed by atoms with van der Waals surface area (Å²) in [5.74, 6) is 0.435. The summed E-state index contributed by atoms with van der Waals surface area (Å²) < 4.78 is 24.3. The Morgan fingerprint density at radius 1 is 1.42 bits per heavy atom. The predicted octanol–water partition coefficient (Wildman–Crippen LogP) is -0.228. The van der Waals surface area contributed by atoms with Crippen LogP contribution in [0.5, 0.6) is 0 Å². The topological polar surface area (TPSA) is 78.5 Å². The molecule has 1 aliphatic rings. The smallest absolute Gasteiger partial charge is 0.237 e. The van der Waals surface area contributed by atoms with Gasteiger partial charge in [-0.05, 0) is 25.3 Å². The SMILES string of the molecule is CCC1CCNC(C(=O)NCCS(=O)(=O)N(C)C)C1. The van der Waals surface area contributed by atoms with Crippen LogP contribution in [-0.2, 0) is 14.8 Å². The molecule has 0 spiro atoms. The third-order valence-corrected chi connectivity index (χ3v) is 5.45. The highest BCUT2D eigenvalue weighted by Gasteiger charge is 2.25. The van der Waals surface area contributed by atoms with Crippen LogP contribution >= 0.6 is 0 Å². The van der Waals surface area contributed by atoms with Crippen LogP contribution in [0.4, 0.5) is 0 Å². The first-order valence-corrected chi connectivity index (χ1v) is 8.39. The first kappa shape index (κ1) is 16.4. The quantitative estimate of drug-likeness (QED) is 0.709. The lowest BCUT2D eigenvalue weighted by atomic mass is 9.90. The Labute approximate surface area is 116 Å². The van der Waals surface area contributed by atoms with E-state index in [1.807, 2.05) is 0 Å². The summed E-state index contributed by atoms with van der Waals surface area (Å²) in [4.78, 5) is 11.9. The number of amides is 1. The molecule has 19 heavy (non-hydrogen) atoms.